The largest absolute Gasteiger partial charge is 0.465 e. The van der Waals surface area contributed by atoms with E-state index in [1.807, 2.05) is 13.0 Å². The van der Waals surface area contributed by atoms with Crippen LogP contribution in [0, 0.1) is 17.2 Å². The zero-order chi connectivity index (χ0) is 25.3. The molecule has 0 bridgehead atoms. The van der Waals surface area contributed by atoms with Gasteiger partial charge < -0.3 is 9.64 Å². The minimum atomic E-state index is -0.885. The lowest BCUT2D eigenvalue weighted by atomic mass is 9.87. The summed E-state index contributed by atoms with van der Waals surface area (Å²) >= 11 is 0. The molecule has 1 aliphatic heterocycles. The SMILES string of the molecule is C=C(F)/C(=C\C(F)=C(/C)C#N)CC(=O)N1CCN(CCC2C=C(CC)C(C(=O)OC)=CC2)CC1. The fourth-order valence-electron chi connectivity index (χ4n) is 4.06. The van der Waals surface area contributed by atoms with Crippen molar-refractivity contribution in [2.45, 2.75) is 39.5 Å². The number of carbonyl (C=O) groups excluding carboxylic acids is 2. The van der Waals surface area contributed by atoms with Gasteiger partial charge in [-0.15, -0.1) is 0 Å². The number of rotatable bonds is 9. The van der Waals surface area contributed by atoms with Crippen molar-refractivity contribution < 1.29 is 23.1 Å². The van der Waals surface area contributed by atoms with Gasteiger partial charge in [-0.05, 0) is 55.9 Å². The summed E-state index contributed by atoms with van der Waals surface area (Å²) in [4.78, 5) is 28.5. The summed E-state index contributed by atoms with van der Waals surface area (Å²) in [6.07, 6.45) is 7.22. The number of halogens is 2. The van der Waals surface area contributed by atoms with Crippen molar-refractivity contribution in [3.05, 3.63) is 58.8 Å². The molecule has 2 rings (SSSR count). The Bertz CT molecular complexity index is 964. The van der Waals surface area contributed by atoms with Crippen LogP contribution in [0.3, 0.4) is 0 Å². The molecule has 1 unspecified atom stereocenters. The van der Waals surface area contributed by atoms with Crippen LogP contribution < -0.4 is 0 Å². The first-order valence-electron chi connectivity index (χ1n) is 11.5. The number of allylic oxidation sites excluding steroid dienone is 6. The maximum atomic E-state index is 13.9. The first-order valence-corrected chi connectivity index (χ1v) is 11.5. The van der Waals surface area contributed by atoms with Crippen LogP contribution in [-0.2, 0) is 14.3 Å². The molecule has 34 heavy (non-hydrogen) atoms. The second-order valence-corrected chi connectivity index (χ2v) is 8.50. The van der Waals surface area contributed by atoms with Crippen LogP contribution in [0.5, 0.6) is 0 Å². The van der Waals surface area contributed by atoms with Gasteiger partial charge in [-0.2, -0.15) is 5.26 Å². The highest BCUT2D eigenvalue weighted by Crippen LogP contribution is 2.28. The van der Waals surface area contributed by atoms with Crippen LogP contribution in [-0.4, -0.2) is 61.5 Å². The predicted molar refractivity (Wildman–Crippen MR) is 127 cm³/mol. The Balaban J connectivity index is 1.86. The fraction of sp³-hybridized carbons (Fsp3) is 0.500. The molecule has 0 N–H and O–H groups in total. The van der Waals surface area contributed by atoms with E-state index in [0.29, 0.717) is 37.7 Å². The molecule has 0 aromatic rings. The number of carbonyl (C=O) groups is 2. The van der Waals surface area contributed by atoms with Gasteiger partial charge in [-0.3, -0.25) is 9.69 Å². The zero-order valence-electron chi connectivity index (χ0n) is 20.2. The molecule has 1 heterocycles. The molecule has 1 saturated heterocycles. The van der Waals surface area contributed by atoms with E-state index in [-0.39, 0.29) is 29.4 Å². The fourth-order valence-corrected chi connectivity index (χ4v) is 4.06. The van der Waals surface area contributed by atoms with Gasteiger partial charge in [0.2, 0.25) is 5.91 Å². The number of nitriles is 1. The number of esters is 1. The molecule has 0 radical (unpaired) electrons. The van der Waals surface area contributed by atoms with E-state index in [4.69, 9.17) is 10.00 Å². The molecule has 1 amide bonds. The third-order valence-corrected chi connectivity index (χ3v) is 6.25. The monoisotopic (exact) mass is 473 g/mol. The summed E-state index contributed by atoms with van der Waals surface area (Å²) in [5.41, 5.74) is 1.34. The summed E-state index contributed by atoms with van der Waals surface area (Å²) in [5, 5.41) is 8.77. The third-order valence-electron chi connectivity index (χ3n) is 6.25. The van der Waals surface area contributed by atoms with Crippen molar-refractivity contribution in [1.29, 1.82) is 5.26 Å². The number of methoxy groups -OCH3 is 1. The quantitative estimate of drug-likeness (QED) is 0.279. The lowest BCUT2D eigenvalue weighted by Crippen LogP contribution is -2.49. The number of ether oxygens (including phenoxy) is 1. The second kappa shape index (κ2) is 13.0. The van der Waals surface area contributed by atoms with Gasteiger partial charge >= 0.3 is 5.97 Å². The van der Waals surface area contributed by atoms with Crippen LogP contribution in [0.4, 0.5) is 8.78 Å². The van der Waals surface area contributed by atoms with Crippen molar-refractivity contribution in [3.63, 3.8) is 0 Å². The zero-order valence-corrected chi connectivity index (χ0v) is 20.2. The minimum absolute atomic E-state index is 0.158. The van der Waals surface area contributed by atoms with Crippen LogP contribution in [0.2, 0.25) is 0 Å². The van der Waals surface area contributed by atoms with Gasteiger partial charge in [0, 0.05) is 26.2 Å². The number of amides is 1. The predicted octanol–water partition coefficient (Wildman–Crippen LogP) is 4.54. The summed E-state index contributed by atoms with van der Waals surface area (Å²) < 4.78 is 32.5. The average molecular weight is 474 g/mol. The molecule has 8 heteroatoms. The molecule has 0 saturated carbocycles. The Hall–Kier alpha value is -3.05. The first-order chi connectivity index (χ1) is 16.2. The Morgan fingerprint density at radius 1 is 1.29 bits per heavy atom. The third kappa shape index (κ3) is 7.49. The summed E-state index contributed by atoms with van der Waals surface area (Å²) in [7, 11) is 1.39. The maximum Gasteiger partial charge on any atom is 0.337 e. The van der Waals surface area contributed by atoms with E-state index in [9.17, 15) is 18.4 Å². The van der Waals surface area contributed by atoms with Crippen molar-refractivity contribution in [3.8, 4) is 6.07 Å². The average Bonchev–Trinajstić information content (AvgIpc) is 2.85. The highest BCUT2D eigenvalue weighted by Gasteiger charge is 2.24. The summed E-state index contributed by atoms with van der Waals surface area (Å²) in [6, 6.07) is 1.66. The Morgan fingerprint density at radius 3 is 2.53 bits per heavy atom. The number of hydrogen-bond donors (Lipinski definition) is 0. The molecule has 1 atom stereocenters. The Morgan fingerprint density at radius 2 is 1.97 bits per heavy atom. The highest BCUT2D eigenvalue weighted by molar-refractivity contribution is 5.93. The van der Waals surface area contributed by atoms with Gasteiger partial charge in [0.15, 0.2) is 0 Å². The number of nitrogens with zero attached hydrogens (tertiary/aromatic N) is 3. The lowest BCUT2D eigenvalue weighted by Gasteiger charge is -2.35. The molecule has 0 spiro atoms. The van der Waals surface area contributed by atoms with E-state index in [1.54, 1.807) is 11.0 Å². The van der Waals surface area contributed by atoms with E-state index in [1.165, 1.54) is 14.0 Å². The standard InChI is InChI=1S/C26H33F2N3O3/c1-5-21-14-20(6-7-23(21)26(33)34-4)8-9-30-10-12-31(13-11-30)25(32)16-22(19(3)27)15-24(28)18(2)17-29/h7,14-15,20H,3,5-6,8-13,16H2,1-2,4H3/b22-15-,24-18-. The molecule has 6 nitrogen and oxygen atoms in total. The molecular weight excluding hydrogens is 440 g/mol. The summed E-state index contributed by atoms with van der Waals surface area (Å²) in [5.74, 6) is -1.99. The maximum absolute atomic E-state index is 13.9. The van der Waals surface area contributed by atoms with Gasteiger partial charge in [-0.1, -0.05) is 25.7 Å². The Labute approximate surface area is 200 Å². The molecule has 1 fully saturated rings. The van der Waals surface area contributed by atoms with Gasteiger partial charge in [-0.25, -0.2) is 13.6 Å². The van der Waals surface area contributed by atoms with Crippen LogP contribution >= 0.6 is 0 Å². The normalized spacial score (nSPS) is 20.1. The molecule has 0 aromatic carbocycles. The van der Waals surface area contributed by atoms with Gasteiger partial charge in [0.05, 0.1) is 30.7 Å². The van der Waals surface area contributed by atoms with Crippen molar-refractivity contribution in [1.82, 2.24) is 9.80 Å². The topological polar surface area (TPSA) is 73.6 Å². The molecule has 184 valence electrons. The second-order valence-electron chi connectivity index (χ2n) is 8.50. The van der Waals surface area contributed by atoms with E-state index >= 15 is 0 Å². The van der Waals surface area contributed by atoms with Crippen LogP contribution in [0.15, 0.2) is 58.8 Å². The van der Waals surface area contributed by atoms with Crippen LogP contribution in [0.1, 0.15) is 39.5 Å². The molecule has 1 aliphatic carbocycles. The van der Waals surface area contributed by atoms with Crippen molar-refractivity contribution in [2.24, 2.45) is 5.92 Å². The highest BCUT2D eigenvalue weighted by atomic mass is 19.1. The Kier molecular flexibility index (Phi) is 10.4. The van der Waals surface area contributed by atoms with E-state index < -0.39 is 11.7 Å². The van der Waals surface area contributed by atoms with E-state index in [0.717, 1.165) is 37.5 Å². The first kappa shape index (κ1) is 27.2. The van der Waals surface area contributed by atoms with Crippen molar-refractivity contribution >= 4 is 11.9 Å². The summed E-state index contributed by atoms with van der Waals surface area (Å²) in [6.45, 7) is 9.77. The molecular formula is C26H33F2N3O3. The molecule has 0 aromatic heterocycles. The molecule has 2 aliphatic rings. The number of hydrogen-bond acceptors (Lipinski definition) is 5. The minimum Gasteiger partial charge on any atom is -0.465 e. The van der Waals surface area contributed by atoms with Crippen LogP contribution in [0.25, 0.3) is 0 Å². The number of piperazine rings is 1. The lowest BCUT2D eigenvalue weighted by molar-refractivity contribution is -0.136. The smallest absolute Gasteiger partial charge is 0.337 e. The van der Waals surface area contributed by atoms with Gasteiger partial charge in [0.1, 0.15) is 11.7 Å². The van der Waals surface area contributed by atoms with E-state index in [2.05, 4.69) is 17.6 Å². The van der Waals surface area contributed by atoms with Crippen molar-refractivity contribution in [2.75, 3.05) is 39.8 Å². The van der Waals surface area contributed by atoms with Gasteiger partial charge in [0.25, 0.3) is 0 Å².